The molecule has 108 valence electrons. The molecule has 1 heterocycles. The van der Waals surface area contributed by atoms with Gasteiger partial charge in [-0.1, -0.05) is 23.8 Å². The molecule has 0 aliphatic rings. The van der Waals surface area contributed by atoms with E-state index in [0.717, 1.165) is 31.4 Å². The summed E-state index contributed by atoms with van der Waals surface area (Å²) in [5.41, 5.74) is 8.74. The Kier molecular flexibility index (Phi) is 5.62. The number of nitrogens with two attached hydrogens (primary N) is 1. The van der Waals surface area contributed by atoms with Crippen molar-refractivity contribution in [3.8, 4) is 5.75 Å². The third-order valence-electron chi connectivity index (χ3n) is 3.50. The first kappa shape index (κ1) is 15.1. The van der Waals surface area contributed by atoms with Gasteiger partial charge in [0.25, 0.3) is 0 Å². The smallest absolute Gasteiger partial charge is 0.122 e. The highest BCUT2D eigenvalue weighted by molar-refractivity contribution is 7.09. The first-order valence-electron chi connectivity index (χ1n) is 7.10. The summed E-state index contributed by atoms with van der Waals surface area (Å²) in [4.78, 5) is 1.45. The monoisotopic (exact) mass is 289 g/mol. The molecule has 2 nitrogen and oxygen atoms in total. The fourth-order valence-electron chi connectivity index (χ4n) is 2.44. The van der Waals surface area contributed by atoms with Gasteiger partial charge in [-0.05, 0) is 55.7 Å². The second-order valence-electron chi connectivity index (χ2n) is 5.25. The Morgan fingerprint density at radius 3 is 2.85 bits per heavy atom. The fraction of sp³-hybridized carbons (Fsp3) is 0.412. The van der Waals surface area contributed by atoms with Crippen LogP contribution in [0.3, 0.4) is 0 Å². The summed E-state index contributed by atoms with van der Waals surface area (Å²) < 4.78 is 5.41. The highest BCUT2D eigenvalue weighted by Gasteiger charge is 2.09. The van der Waals surface area contributed by atoms with E-state index in [1.54, 1.807) is 7.11 Å². The molecule has 0 radical (unpaired) electrons. The van der Waals surface area contributed by atoms with Gasteiger partial charge in [-0.25, -0.2) is 0 Å². The van der Waals surface area contributed by atoms with E-state index in [4.69, 9.17) is 10.5 Å². The van der Waals surface area contributed by atoms with Gasteiger partial charge in [0.15, 0.2) is 0 Å². The van der Waals surface area contributed by atoms with Gasteiger partial charge in [-0.15, -0.1) is 11.3 Å². The van der Waals surface area contributed by atoms with Crippen molar-refractivity contribution in [2.45, 2.75) is 38.6 Å². The molecular formula is C17H23NOS. The zero-order valence-electron chi connectivity index (χ0n) is 12.3. The summed E-state index contributed by atoms with van der Waals surface area (Å²) in [6.07, 6.45) is 4.22. The van der Waals surface area contributed by atoms with E-state index < -0.39 is 0 Å². The number of aryl methyl sites for hydroxylation is 2. The van der Waals surface area contributed by atoms with E-state index >= 15 is 0 Å². The molecule has 0 amide bonds. The van der Waals surface area contributed by atoms with Crippen LogP contribution < -0.4 is 10.5 Å². The topological polar surface area (TPSA) is 35.2 Å². The molecule has 1 aromatic carbocycles. The van der Waals surface area contributed by atoms with E-state index in [9.17, 15) is 0 Å². The van der Waals surface area contributed by atoms with Crippen LogP contribution in [0.1, 0.15) is 28.8 Å². The van der Waals surface area contributed by atoms with Gasteiger partial charge in [-0.3, -0.25) is 0 Å². The molecule has 0 saturated carbocycles. The van der Waals surface area contributed by atoms with Crippen LogP contribution in [-0.2, 0) is 12.8 Å². The van der Waals surface area contributed by atoms with Gasteiger partial charge >= 0.3 is 0 Å². The molecule has 2 aromatic rings. The van der Waals surface area contributed by atoms with Crippen molar-refractivity contribution in [3.63, 3.8) is 0 Å². The number of hydrogen-bond donors (Lipinski definition) is 1. The van der Waals surface area contributed by atoms with Gasteiger partial charge in [0.1, 0.15) is 5.75 Å². The molecule has 0 saturated heterocycles. The number of rotatable bonds is 7. The zero-order valence-corrected chi connectivity index (χ0v) is 13.1. The van der Waals surface area contributed by atoms with Crippen molar-refractivity contribution in [3.05, 3.63) is 51.7 Å². The van der Waals surface area contributed by atoms with Crippen LogP contribution in [0.4, 0.5) is 0 Å². The lowest BCUT2D eigenvalue weighted by Gasteiger charge is -2.14. The molecule has 2 N–H and O–H groups in total. The van der Waals surface area contributed by atoms with Crippen LogP contribution in [0.2, 0.25) is 0 Å². The van der Waals surface area contributed by atoms with Crippen molar-refractivity contribution in [2.75, 3.05) is 7.11 Å². The summed E-state index contributed by atoms with van der Waals surface area (Å²) in [6, 6.07) is 10.8. The van der Waals surface area contributed by atoms with E-state index in [0.29, 0.717) is 0 Å². The van der Waals surface area contributed by atoms with Crippen molar-refractivity contribution >= 4 is 11.3 Å². The molecule has 0 fully saturated rings. The molecule has 20 heavy (non-hydrogen) atoms. The maximum atomic E-state index is 6.27. The molecule has 2 rings (SSSR count). The molecule has 0 spiro atoms. The molecule has 0 bridgehead atoms. The van der Waals surface area contributed by atoms with Crippen LogP contribution in [0.15, 0.2) is 35.7 Å². The fourth-order valence-corrected chi connectivity index (χ4v) is 3.20. The average Bonchev–Trinajstić information content (AvgIpc) is 2.92. The number of hydrogen-bond acceptors (Lipinski definition) is 3. The second kappa shape index (κ2) is 7.46. The molecule has 0 aliphatic carbocycles. The van der Waals surface area contributed by atoms with Crippen molar-refractivity contribution < 1.29 is 4.74 Å². The van der Waals surface area contributed by atoms with Gasteiger partial charge in [-0.2, -0.15) is 0 Å². The zero-order chi connectivity index (χ0) is 14.4. The highest BCUT2D eigenvalue weighted by atomic mass is 32.1. The van der Waals surface area contributed by atoms with Crippen LogP contribution in [0.5, 0.6) is 5.75 Å². The Balaban J connectivity index is 1.84. The van der Waals surface area contributed by atoms with Gasteiger partial charge in [0.05, 0.1) is 7.11 Å². The summed E-state index contributed by atoms with van der Waals surface area (Å²) in [5, 5.41) is 2.13. The first-order valence-corrected chi connectivity index (χ1v) is 7.98. The molecule has 1 unspecified atom stereocenters. The summed E-state index contributed by atoms with van der Waals surface area (Å²) >= 11 is 1.83. The maximum absolute atomic E-state index is 6.27. The second-order valence-corrected chi connectivity index (χ2v) is 6.28. The lowest BCUT2D eigenvalue weighted by atomic mass is 9.99. The molecule has 1 atom stereocenters. The lowest BCUT2D eigenvalue weighted by Crippen LogP contribution is -2.23. The van der Waals surface area contributed by atoms with Crippen molar-refractivity contribution in [1.29, 1.82) is 0 Å². The van der Waals surface area contributed by atoms with Crippen molar-refractivity contribution in [2.24, 2.45) is 5.73 Å². The predicted octanol–water partition coefficient (Wildman–Crippen LogP) is 3.96. The highest BCUT2D eigenvalue weighted by Crippen LogP contribution is 2.22. The van der Waals surface area contributed by atoms with E-state index in [2.05, 4.69) is 36.6 Å². The van der Waals surface area contributed by atoms with Crippen LogP contribution in [-0.4, -0.2) is 13.2 Å². The molecular weight excluding hydrogens is 266 g/mol. The van der Waals surface area contributed by atoms with Crippen LogP contribution in [0.25, 0.3) is 0 Å². The summed E-state index contributed by atoms with van der Waals surface area (Å²) in [7, 11) is 1.72. The first-order chi connectivity index (χ1) is 9.69. The Bertz CT molecular complexity index is 522. The maximum Gasteiger partial charge on any atom is 0.122 e. The third kappa shape index (κ3) is 4.36. The minimum atomic E-state index is 0.200. The minimum Gasteiger partial charge on any atom is -0.496 e. The molecule has 3 heteroatoms. The van der Waals surface area contributed by atoms with Gasteiger partial charge in [0, 0.05) is 10.9 Å². The largest absolute Gasteiger partial charge is 0.496 e. The molecule has 1 aromatic heterocycles. The van der Waals surface area contributed by atoms with Gasteiger partial charge < -0.3 is 10.5 Å². The van der Waals surface area contributed by atoms with Crippen LogP contribution in [0, 0.1) is 6.92 Å². The minimum absolute atomic E-state index is 0.200. The molecule has 0 aliphatic heterocycles. The average molecular weight is 289 g/mol. The normalized spacial score (nSPS) is 12.3. The Morgan fingerprint density at radius 2 is 2.15 bits per heavy atom. The lowest BCUT2D eigenvalue weighted by molar-refractivity contribution is 0.407. The van der Waals surface area contributed by atoms with E-state index in [1.165, 1.54) is 16.0 Å². The van der Waals surface area contributed by atoms with E-state index in [-0.39, 0.29) is 6.04 Å². The van der Waals surface area contributed by atoms with Crippen molar-refractivity contribution in [1.82, 2.24) is 0 Å². The standard InChI is InChI=1S/C17H23NOS/c1-13-8-9-17(19-2)14(11-13)12-15(18)5-3-6-16-7-4-10-20-16/h4,7-11,15H,3,5-6,12,18H2,1-2H3. The Labute approximate surface area is 125 Å². The third-order valence-corrected chi connectivity index (χ3v) is 4.43. The number of benzene rings is 1. The number of thiophene rings is 1. The number of ether oxygens (including phenoxy) is 1. The predicted molar refractivity (Wildman–Crippen MR) is 86.7 cm³/mol. The quantitative estimate of drug-likeness (QED) is 0.837. The number of methoxy groups -OCH3 is 1. The SMILES string of the molecule is COc1ccc(C)cc1CC(N)CCCc1cccs1. The van der Waals surface area contributed by atoms with Gasteiger partial charge in [0.2, 0.25) is 0 Å². The van der Waals surface area contributed by atoms with Crippen LogP contribution >= 0.6 is 11.3 Å². The summed E-state index contributed by atoms with van der Waals surface area (Å²) in [5.74, 6) is 0.948. The Morgan fingerprint density at radius 1 is 1.30 bits per heavy atom. The summed E-state index contributed by atoms with van der Waals surface area (Å²) in [6.45, 7) is 2.10. The Hall–Kier alpha value is -1.32. The van der Waals surface area contributed by atoms with E-state index in [1.807, 2.05) is 17.4 Å².